The van der Waals surface area contributed by atoms with Gasteiger partial charge in [-0.25, -0.2) is 0 Å². The number of ether oxygens (including phenoxy) is 1. The molecule has 7 heteroatoms. The van der Waals surface area contributed by atoms with Crippen molar-refractivity contribution >= 4 is 5.97 Å². The van der Waals surface area contributed by atoms with Gasteiger partial charge in [0.05, 0.1) is 18.1 Å². The van der Waals surface area contributed by atoms with Crippen molar-refractivity contribution in [1.29, 1.82) is 0 Å². The molecule has 5 unspecified atom stereocenters. The summed E-state index contributed by atoms with van der Waals surface area (Å²) in [5.74, 6) is 0.835. The van der Waals surface area contributed by atoms with E-state index in [0.717, 1.165) is 64.2 Å². The third kappa shape index (κ3) is 4.41. The van der Waals surface area contributed by atoms with Gasteiger partial charge >= 0.3 is 5.97 Å². The molecule has 0 radical (unpaired) electrons. The fourth-order valence-corrected chi connectivity index (χ4v) is 12.8. The van der Waals surface area contributed by atoms with E-state index in [-0.39, 0.29) is 38.9 Å². The third-order valence-corrected chi connectivity index (χ3v) is 15.8. The van der Waals surface area contributed by atoms with E-state index in [1.807, 2.05) is 0 Å². The highest BCUT2D eigenvalue weighted by molar-refractivity contribution is 5.76. The smallest absolute Gasteiger partial charge is 0.310 e. The SMILES string of the molecule is CC1(C)CC[C@]2(C(=O)O)CC[C@]3(C)C(=CCC4[C@@]5(C)CC[C@H](C[C@@H]6OC(CO)[C@H](O)[C@H](O)C6O)C(C)(C)C5CC[C@]43C)C2C1. The first-order valence-electron chi connectivity index (χ1n) is 17.6. The van der Waals surface area contributed by atoms with Gasteiger partial charge < -0.3 is 30.3 Å². The van der Waals surface area contributed by atoms with Crippen molar-refractivity contribution in [3.63, 3.8) is 0 Å². The van der Waals surface area contributed by atoms with Crippen LogP contribution in [0.15, 0.2) is 11.6 Å². The Morgan fingerprint density at radius 3 is 2.16 bits per heavy atom. The third-order valence-electron chi connectivity index (χ3n) is 15.8. The van der Waals surface area contributed by atoms with Crippen molar-refractivity contribution in [1.82, 2.24) is 0 Å². The summed E-state index contributed by atoms with van der Waals surface area (Å²) in [6.45, 7) is 16.6. The Bertz CT molecular complexity index is 1180. The maximum Gasteiger partial charge on any atom is 0.310 e. The van der Waals surface area contributed by atoms with Gasteiger partial charge in [-0.05, 0) is 121 Å². The molecule has 0 aromatic carbocycles. The molecule has 0 amide bonds. The second kappa shape index (κ2) is 10.5. The number of aliphatic hydroxyl groups excluding tert-OH is 4. The molecular formula is C37H60O7. The number of hydrogen-bond donors (Lipinski definition) is 5. The summed E-state index contributed by atoms with van der Waals surface area (Å²) in [4.78, 5) is 12.9. The fraction of sp³-hybridized carbons (Fsp3) is 0.919. The molecule has 6 aliphatic rings. The van der Waals surface area contributed by atoms with E-state index < -0.39 is 48.5 Å². The topological polar surface area (TPSA) is 127 Å². The van der Waals surface area contributed by atoms with Crippen molar-refractivity contribution in [2.75, 3.05) is 6.61 Å². The Labute approximate surface area is 264 Å². The monoisotopic (exact) mass is 616 g/mol. The molecule has 250 valence electrons. The number of carbonyl (C=O) groups is 1. The zero-order valence-corrected chi connectivity index (χ0v) is 28.3. The Morgan fingerprint density at radius 2 is 1.50 bits per heavy atom. The van der Waals surface area contributed by atoms with Gasteiger partial charge in [0.15, 0.2) is 0 Å². The molecule has 6 rings (SSSR count). The number of carboxylic acids is 1. The molecule has 0 aromatic rings. The summed E-state index contributed by atoms with van der Waals surface area (Å²) in [6, 6.07) is 0. The average Bonchev–Trinajstić information content (AvgIpc) is 2.94. The molecule has 0 bridgehead atoms. The van der Waals surface area contributed by atoms with Crippen molar-refractivity contribution in [3.05, 3.63) is 11.6 Å². The second-order valence-corrected chi connectivity index (χ2v) is 18.3. The van der Waals surface area contributed by atoms with Gasteiger partial charge in [-0.1, -0.05) is 60.1 Å². The van der Waals surface area contributed by atoms with Gasteiger partial charge in [0.1, 0.15) is 24.4 Å². The molecule has 5 aliphatic carbocycles. The van der Waals surface area contributed by atoms with E-state index in [9.17, 15) is 30.3 Å². The minimum Gasteiger partial charge on any atom is -0.481 e. The van der Waals surface area contributed by atoms with Gasteiger partial charge in [0, 0.05) is 0 Å². The van der Waals surface area contributed by atoms with Crippen LogP contribution in [0.1, 0.15) is 119 Å². The van der Waals surface area contributed by atoms with Crippen molar-refractivity contribution in [3.8, 4) is 0 Å². The summed E-state index contributed by atoms with van der Waals surface area (Å²) in [6.07, 6.45) is 7.70. The highest BCUT2D eigenvalue weighted by Gasteiger charge is 2.69. The second-order valence-electron chi connectivity index (χ2n) is 18.3. The number of aliphatic hydroxyl groups is 4. The lowest BCUT2D eigenvalue weighted by Gasteiger charge is -2.71. The number of hydrogen-bond acceptors (Lipinski definition) is 6. The molecule has 44 heavy (non-hydrogen) atoms. The van der Waals surface area contributed by atoms with Crippen LogP contribution in [0.2, 0.25) is 0 Å². The standard InChI is InChI=1S/C37H60O7/c1-32(2)14-16-37(31(42)43)17-15-35(6)22(23(37)19-32)8-9-27-34(5)12-10-21(33(3,4)26(34)11-13-36(27,35)7)18-24-28(39)30(41)29(40)25(20-38)44-24/h8,21,23-30,38-41H,9-20H2,1-7H3,(H,42,43)/t21-,23?,24+,25?,26?,27?,28?,29+,30-,34+,35-,36-,37+/m1/s1. The lowest BCUT2D eigenvalue weighted by atomic mass is 9.33. The lowest BCUT2D eigenvalue weighted by molar-refractivity contribution is -0.241. The fourth-order valence-electron chi connectivity index (χ4n) is 12.8. The van der Waals surface area contributed by atoms with Crippen LogP contribution in [-0.4, -0.2) is 68.6 Å². The molecule has 13 atom stereocenters. The maximum atomic E-state index is 12.9. The quantitative estimate of drug-likeness (QED) is 0.256. The van der Waals surface area contributed by atoms with Crippen LogP contribution < -0.4 is 0 Å². The van der Waals surface area contributed by atoms with Gasteiger partial charge in [0.25, 0.3) is 0 Å². The Hall–Kier alpha value is -0.990. The predicted octanol–water partition coefficient (Wildman–Crippen LogP) is 5.72. The molecule has 1 saturated heterocycles. The van der Waals surface area contributed by atoms with Crippen LogP contribution in [0.3, 0.4) is 0 Å². The predicted molar refractivity (Wildman–Crippen MR) is 169 cm³/mol. The molecule has 4 saturated carbocycles. The van der Waals surface area contributed by atoms with Crippen molar-refractivity contribution in [2.45, 2.75) is 150 Å². The van der Waals surface area contributed by atoms with Crippen LogP contribution in [0.4, 0.5) is 0 Å². The first-order chi connectivity index (χ1) is 20.4. The number of fused-ring (bicyclic) bond motifs is 7. The van der Waals surface area contributed by atoms with Crippen LogP contribution >= 0.6 is 0 Å². The summed E-state index contributed by atoms with van der Waals surface area (Å²) < 4.78 is 5.99. The molecule has 1 heterocycles. The summed E-state index contributed by atoms with van der Waals surface area (Å²) >= 11 is 0. The van der Waals surface area contributed by atoms with E-state index in [2.05, 4.69) is 54.5 Å². The highest BCUT2D eigenvalue weighted by Crippen LogP contribution is 2.76. The largest absolute Gasteiger partial charge is 0.481 e. The van der Waals surface area contributed by atoms with Gasteiger partial charge in [-0.3, -0.25) is 4.79 Å². The Balaban J connectivity index is 1.29. The number of rotatable bonds is 4. The zero-order valence-electron chi connectivity index (χ0n) is 28.3. The van der Waals surface area contributed by atoms with Crippen molar-refractivity contribution < 1.29 is 35.1 Å². The molecule has 1 aliphatic heterocycles. The average molecular weight is 617 g/mol. The van der Waals surface area contributed by atoms with Crippen LogP contribution in [0, 0.1) is 56.2 Å². The maximum absolute atomic E-state index is 12.9. The first kappa shape index (κ1) is 32.9. The minimum atomic E-state index is -1.33. The summed E-state index contributed by atoms with van der Waals surface area (Å²) in [7, 11) is 0. The molecule has 5 fully saturated rings. The molecule has 0 aromatic heterocycles. The van der Waals surface area contributed by atoms with Crippen LogP contribution in [0.25, 0.3) is 0 Å². The molecule has 0 spiro atoms. The highest BCUT2D eigenvalue weighted by atomic mass is 16.5. The normalized spacial score (nSPS) is 52.9. The van der Waals surface area contributed by atoms with E-state index in [1.54, 1.807) is 0 Å². The Kier molecular flexibility index (Phi) is 7.86. The van der Waals surface area contributed by atoms with Crippen LogP contribution in [0.5, 0.6) is 0 Å². The number of aliphatic carboxylic acids is 1. The Morgan fingerprint density at radius 1 is 0.841 bits per heavy atom. The molecule has 5 N–H and O–H groups in total. The first-order valence-corrected chi connectivity index (χ1v) is 17.6. The number of allylic oxidation sites excluding steroid dienone is 2. The molecule has 7 nitrogen and oxygen atoms in total. The molecular weight excluding hydrogens is 556 g/mol. The van der Waals surface area contributed by atoms with Gasteiger partial charge in [-0.15, -0.1) is 0 Å². The van der Waals surface area contributed by atoms with E-state index in [1.165, 1.54) is 5.57 Å². The van der Waals surface area contributed by atoms with Gasteiger partial charge in [-0.2, -0.15) is 0 Å². The van der Waals surface area contributed by atoms with Gasteiger partial charge in [0.2, 0.25) is 0 Å². The summed E-state index contributed by atoms with van der Waals surface area (Å²) in [5.41, 5.74) is 1.24. The van der Waals surface area contributed by atoms with E-state index >= 15 is 0 Å². The van der Waals surface area contributed by atoms with Crippen LogP contribution in [-0.2, 0) is 9.53 Å². The minimum absolute atomic E-state index is 0.00173. The summed E-state index contributed by atoms with van der Waals surface area (Å²) in [5, 5.41) is 52.0. The lowest BCUT2D eigenvalue weighted by Crippen LogP contribution is -2.65. The van der Waals surface area contributed by atoms with E-state index in [4.69, 9.17) is 4.74 Å². The van der Waals surface area contributed by atoms with E-state index in [0.29, 0.717) is 18.3 Å². The van der Waals surface area contributed by atoms with Crippen molar-refractivity contribution in [2.24, 2.45) is 56.2 Å². The number of carboxylic acid groups (broad SMARTS) is 1. The zero-order chi connectivity index (χ0) is 32.3.